The lowest BCUT2D eigenvalue weighted by Crippen LogP contribution is -2.41. The van der Waals surface area contributed by atoms with Gasteiger partial charge in [-0.15, -0.1) is 12.4 Å². The van der Waals surface area contributed by atoms with Crippen LogP contribution in [0.3, 0.4) is 0 Å². The summed E-state index contributed by atoms with van der Waals surface area (Å²) < 4.78 is 0. The van der Waals surface area contributed by atoms with Crippen LogP contribution >= 0.6 is 12.4 Å². The van der Waals surface area contributed by atoms with Crippen LogP contribution in [0, 0.1) is 0 Å². The third kappa shape index (κ3) is 1.68. The number of nitrogens with one attached hydrogen (secondary N) is 1. The summed E-state index contributed by atoms with van der Waals surface area (Å²) in [4.78, 5) is 0. The summed E-state index contributed by atoms with van der Waals surface area (Å²) in [6, 6.07) is 9.02. The van der Waals surface area contributed by atoms with E-state index in [-0.39, 0.29) is 12.4 Å². The topological polar surface area (TPSA) is 12.0 Å². The Hall–Kier alpha value is -0.530. The van der Waals surface area contributed by atoms with E-state index in [1.54, 1.807) is 11.1 Å². The number of rotatable bonds is 0. The zero-order chi connectivity index (χ0) is 9.43. The molecule has 1 N–H and O–H groups in total. The van der Waals surface area contributed by atoms with E-state index >= 15 is 0 Å². The standard InChI is InChI=1S/C13H17N.ClH/c1-2-5-12-11(4-1)6-8-13(12)7-3-9-14-10-13;/h1-2,4-5,14H,3,6-10H2;1H. The average molecular weight is 224 g/mol. The first-order valence-corrected chi connectivity index (χ1v) is 5.70. The maximum absolute atomic E-state index is 3.56. The molecule has 15 heavy (non-hydrogen) atoms. The number of fused-ring (bicyclic) bond motifs is 2. The molecule has 0 aromatic heterocycles. The van der Waals surface area contributed by atoms with Crippen molar-refractivity contribution in [3.8, 4) is 0 Å². The number of benzene rings is 1. The van der Waals surface area contributed by atoms with Gasteiger partial charge in [-0.05, 0) is 43.4 Å². The van der Waals surface area contributed by atoms with Crippen LogP contribution in [0.1, 0.15) is 30.4 Å². The number of hydrogen-bond acceptors (Lipinski definition) is 1. The maximum Gasteiger partial charge on any atom is 0.00841 e. The number of aryl methyl sites for hydroxylation is 1. The van der Waals surface area contributed by atoms with Crippen LogP contribution in [0.4, 0.5) is 0 Å². The molecule has 1 saturated heterocycles. The van der Waals surface area contributed by atoms with Crippen molar-refractivity contribution >= 4 is 12.4 Å². The molecular weight excluding hydrogens is 206 g/mol. The lowest BCUT2D eigenvalue weighted by Gasteiger charge is -2.35. The monoisotopic (exact) mass is 223 g/mol. The lowest BCUT2D eigenvalue weighted by atomic mass is 9.76. The van der Waals surface area contributed by atoms with Gasteiger partial charge >= 0.3 is 0 Å². The van der Waals surface area contributed by atoms with E-state index in [1.807, 2.05) is 0 Å². The fraction of sp³-hybridized carbons (Fsp3) is 0.538. The van der Waals surface area contributed by atoms with Crippen molar-refractivity contribution < 1.29 is 0 Å². The van der Waals surface area contributed by atoms with Crippen molar-refractivity contribution in [2.45, 2.75) is 31.1 Å². The first-order chi connectivity index (χ1) is 6.91. The molecule has 2 heteroatoms. The summed E-state index contributed by atoms with van der Waals surface area (Å²) in [5, 5.41) is 3.56. The molecule has 1 fully saturated rings. The van der Waals surface area contributed by atoms with E-state index in [9.17, 15) is 0 Å². The SMILES string of the molecule is Cl.c1ccc2c(c1)CCC21CCCNC1. The third-order valence-corrected chi connectivity index (χ3v) is 3.93. The van der Waals surface area contributed by atoms with E-state index in [1.165, 1.54) is 38.8 Å². The molecular formula is C13H18ClN. The van der Waals surface area contributed by atoms with Gasteiger partial charge in [-0.25, -0.2) is 0 Å². The van der Waals surface area contributed by atoms with Gasteiger partial charge in [0.25, 0.3) is 0 Å². The molecule has 0 bridgehead atoms. The minimum Gasteiger partial charge on any atom is -0.316 e. The molecule has 82 valence electrons. The van der Waals surface area contributed by atoms with Gasteiger partial charge in [0.05, 0.1) is 0 Å². The van der Waals surface area contributed by atoms with Crippen molar-refractivity contribution in [1.29, 1.82) is 0 Å². The van der Waals surface area contributed by atoms with E-state index < -0.39 is 0 Å². The number of halogens is 1. The third-order valence-electron chi connectivity index (χ3n) is 3.93. The Morgan fingerprint density at radius 3 is 2.80 bits per heavy atom. The van der Waals surface area contributed by atoms with E-state index in [2.05, 4.69) is 29.6 Å². The highest BCUT2D eigenvalue weighted by atomic mass is 35.5. The summed E-state index contributed by atoms with van der Waals surface area (Å²) in [5.41, 5.74) is 3.72. The van der Waals surface area contributed by atoms with Gasteiger partial charge in [0.15, 0.2) is 0 Å². The molecule has 2 aliphatic rings. The van der Waals surface area contributed by atoms with E-state index in [0.717, 1.165) is 0 Å². The first-order valence-electron chi connectivity index (χ1n) is 5.70. The van der Waals surface area contributed by atoms with Crippen molar-refractivity contribution in [1.82, 2.24) is 5.32 Å². The Balaban J connectivity index is 0.000000853. The minimum absolute atomic E-state index is 0. The fourth-order valence-corrected chi connectivity index (χ4v) is 3.18. The molecule has 1 aliphatic heterocycles. The van der Waals surface area contributed by atoms with Gasteiger partial charge in [-0.1, -0.05) is 24.3 Å². The number of hydrogen-bond donors (Lipinski definition) is 1. The van der Waals surface area contributed by atoms with Crippen LogP contribution in [-0.2, 0) is 11.8 Å². The fourth-order valence-electron chi connectivity index (χ4n) is 3.18. The Bertz CT molecular complexity index is 337. The zero-order valence-electron chi connectivity index (χ0n) is 8.96. The van der Waals surface area contributed by atoms with Crippen LogP contribution in [-0.4, -0.2) is 13.1 Å². The van der Waals surface area contributed by atoms with E-state index in [0.29, 0.717) is 5.41 Å². The largest absolute Gasteiger partial charge is 0.316 e. The molecule has 1 spiro atoms. The van der Waals surface area contributed by atoms with Crippen LogP contribution in [0.5, 0.6) is 0 Å². The molecule has 3 rings (SSSR count). The quantitative estimate of drug-likeness (QED) is 0.713. The summed E-state index contributed by atoms with van der Waals surface area (Å²) in [7, 11) is 0. The highest BCUT2D eigenvalue weighted by Crippen LogP contribution is 2.42. The highest BCUT2D eigenvalue weighted by molar-refractivity contribution is 5.85. The molecule has 0 amide bonds. The van der Waals surface area contributed by atoms with Crippen LogP contribution in [0.2, 0.25) is 0 Å². The predicted octanol–water partition coefficient (Wildman–Crippen LogP) is 2.68. The minimum atomic E-state index is 0. The molecule has 1 atom stereocenters. The lowest BCUT2D eigenvalue weighted by molar-refractivity contribution is 0.311. The van der Waals surface area contributed by atoms with Crippen molar-refractivity contribution in [3.05, 3.63) is 35.4 Å². The normalized spacial score (nSPS) is 28.5. The highest BCUT2D eigenvalue weighted by Gasteiger charge is 2.38. The van der Waals surface area contributed by atoms with Crippen LogP contribution in [0.15, 0.2) is 24.3 Å². The second kappa shape index (κ2) is 4.15. The Kier molecular flexibility index (Phi) is 3.03. The molecule has 1 aromatic rings. The van der Waals surface area contributed by atoms with Crippen LogP contribution in [0.25, 0.3) is 0 Å². The molecule has 1 aliphatic carbocycles. The molecule has 0 saturated carbocycles. The molecule has 1 nitrogen and oxygen atoms in total. The summed E-state index contributed by atoms with van der Waals surface area (Å²) in [6.07, 6.45) is 5.38. The summed E-state index contributed by atoms with van der Waals surface area (Å²) >= 11 is 0. The van der Waals surface area contributed by atoms with Crippen molar-refractivity contribution in [2.75, 3.05) is 13.1 Å². The predicted molar refractivity (Wildman–Crippen MR) is 65.8 cm³/mol. The second-order valence-electron chi connectivity index (χ2n) is 4.72. The van der Waals surface area contributed by atoms with Gasteiger partial charge < -0.3 is 5.32 Å². The van der Waals surface area contributed by atoms with Gasteiger partial charge in [0, 0.05) is 12.0 Å². The first kappa shape index (κ1) is 11.0. The van der Waals surface area contributed by atoms with E-state index in [4.69, 9.17) is 0 Å². The molecule has 1 heterocycles. The maximum atomic E-state index is 3.56. The molecule has 1 unspecified atom stereocenters. The van der Waals surface area contributed by atoms with Gasteiger partial charge in [0.2, 0.25) is 0 Å². The van der Waals surface area contributed by atoms with Gasteiger partial charge in [-0.2, -0.15) is 0 Å². The van der Waals surface area contributed by atoms with Gasteiger partial charge in [-0.3, -0.25) is 0 Å². The van der Waals surface area contributed by atoms with Crippen molar-refractivity contribution in [3.63, 3.8) is 0 Å². The average Bonchev–Trinajstić information content (AvgIpc) is 2.60. The van der Waals surface area contributed by atoms with Gasteiger partial charge in [0.1, 0.15) is 0 Å². The summed E-state index contributed by atoms with van der Waals surface area (Å²) in [5.74, 6) is 0. The molecule has 1 aromatic carbocycles. The Morgan fingerprint density at radius 2 is 2.00 bits per heavy atom. The van der Waals surface area contributed by atoms with Crippen molar-refractivity contribution in [2.24, 2.45) is 0 Å². The molecule has 0 radical (unpaired) electrons. The number of piperidine rings is 1. The Labute approximate surface area is 97.7 Å². The zero-order valence-corrected chi connectivity index (χ0v) is 9.78. The second-order valence-corrected chi connectivity index (χ2v) is 4.72. The smallest absolute Gasteiger partial charge is 0.00841 e. The van der Waals surface area contributed by atoms with Crippen LogP contribution < -0.4 is 5.32 Å². The Morgan fingerprint density at radius 1 is 1.13 bits per heavy atom. The summed E-state index contributed by atoms with van der Waals surface area (Å²) in [6.45, 7) is 2.41.